The first-order chi connectivity index (χ1) is 13.2. The van der Waals surface area contributed by atoms with Gasteiger partial charge in [-0.2, -0.15) is 0 Å². The third-order valence-electron chi connectivity index (χ3n) is 5.28. The van der Waals surface area contributed by atoms with Crippen LogP contribution in [0.25, 0.3) is 0 Å². The van der Waals surface area contributed by atoms with Crippen molar-refractivity contribution in [3.05, 3.63) is 30.1 Å². The number of carbonyl (C=O) groups excluding carboxylic acids is 2. The number of halogens is 1. The van der Waals surface area contributed by atoms with E-state index in [1.165, 1.54) is 12.1 Å². The Bertz CT molecular complexity index is 702. The predicted molar refractivity (Wildman–Crippen MR) is 106 cm³/mol. The second-order valence-electron chi connectivity index (χ2n) is 8.58. The van der Waals surface area contributed by atoms with E-state index in [9.17, 15) is 14.0 Å². The number of urea groups is 1. The van der Waals surface area contributed by atoms with Gasteiger partial charge in [-0.15, -0.1) is 0 Å². The number of rotatable bonds is 2. The van der Waals surface area contributed by atoms with Gasteiger partial charge in [0.1, 0.15) is 11.4 Å². The van der Waals surface area contributed by atoms with Gasteiger partial charge < -0.3 is 19.9 Å². The Hall–Kier alpha value is -2.31. The molecule has 2 saturated heterocycles. The van der Waals surface area contributed by atoms with Crippen LogP contribution in [0, 0.1) is 5.82 Å². The quantitative estimate of drug-likeness (QED) is 0.801. The zero-order chi connectivity index (χ0) is 20.3. The van der Waals surface area contributed by atoms with Crippen molar-refractivity contribution in [2.24, 2.45) is 0 Å². The van der Waals surface area contributed by atoms with Crippen LogP contribution in [0.2, 0.25) is 0 Å². The summed E-state index contributed by atoms with van der Waals surface area (Å²) in [5.41, 5.74) is 0.0160. The highest BCUT2D eigenvalue weighted by Gasteiger charge is 2.41. The molecule has 2 aliphatic rings. The summed E-state index contributed by atoms with van der Waals surface area (Å²) in [6.45, 7) is 6.89. The summed E-state index contributed by atoms with van der Waals surface area (Å²) in [5, 5.41) is 2.86. The lowest BCUT2D eigenvalue weighted by molar-refractivity contribution is 0.0121. The van der Waals surface area contributed by atoms with Crippen LogP contribution in [0.4, 0.5) is 19.7 Å². The molecule has 28 heavy (non-hydrogen) atoms. The molecule has 2 atom stereocenters. The Morgan fingerprint density at radius 1 is 1.00 bits per heavy atom. The number of benzene rings is 1. The van der Waals surface area contributed by atoms with Gasteiger partial charge in [-0.3, -0.25) is 0 Å². The summed E-state index contributed by atoms with van der Waals surface area (Å²) in [6.07, 6.45) is 4.30. The van der Waals surface area contributed by atoms with Gasteiger partial charge in [-0.05, 0) is 77.1 Å². The third-order valence-corrected chi connectivity index (χ3v) is 5.28. The van der Waals surface area contributed by atoms with Gasteiger partial charge in [0, 0.05) is 18.8 Å². The third kappa shape index (κ3) is 4.94. The standard InChI is InChI=1S/C21H30FN3O3/c1-21(2,3)28-20(27)25-14-6-8-18(25)17-7-4-5-13-24(17)19(26)23-16-11-9-15(22)10-12-16/h9-12,17-18H,4-8,13-14H2,1-3H3,(H,23,26)/t17-,18+/m0/s1. The van der Waals surface area contributed by atoms with Crippen molar-refractivity contribution >= 4 is 17.8 Å². The maximum Gasteiger partial charge on any atom is 0.410 e. The summed E-state index contributed by atoms with van der Waals surface area (Å²) in [7, 11) is 0. The van der Waals surface area contributed by atoms with Gasteiger partial charge in [-0.1, -0.05) is 0 Å². The first-order valence-electron chi connectivity index (χ1n) is 10.1. The van der Waals surface area contributed by atoms with Crippen LogP contribution < -0.4 is 5.32 Å². The van der Waals surface area contributed by atoms with Crippen molar-refractivity contribution in [2.75, 3.05) is 18.4 Å². The molecule has 0 unspecified atom stereocenters. The summed E-state index contributed by atoms with van der Waals surface area (Å²) in [4.78, 5) is 29.2. The molecule has 1 aromatic carbocycles. The maximum absolute atomic E-state index is 13.1. The van der Waals surface area contributed by atoms with Gasteiger partial charge in [0.25, 0.3) is 0 Å². The fourth-order valence-corrected chi connectivity index (χ4v) is 4.08. The summed E-state index contributed by atoms with van der Waals surface area (Å²) < 4.78 is 18.7. The molecule has 3 amide bonds. The van der Waals surface area contributed by atoms with Crippen LogP contribution in [0.5, 0.6) is 0 Å². The SMILES string of the molecule is CC(C)(C)OC(=O)N1CCC[C@@H]1[C@@H]1CCCCN1C(=O)Nc1ccc(F)cc1. The lowest BCUT2D eigenvalue weighted by atomic mass is 9.94. The van der Waals surface area contributed by atoms with E-state index >= 15 is 0 Å². The van der Waals surface area contributed by atoms with Crippen molar-refractivity contribution in [3.8, 4) is 0 Å². The Balaban J connectivity index is 1.71. The van der Waals surface area contributed by atoms with E-state index in [-0.39, 0.29) is 30.0 Å². The lowest BCUT2D eigenvalue weighted by Crippen LogP contribution is -2.56. The molecule has 0 saturated carbocycles. The molecule has 0 radical (unpaired) electrons. The largest absolute Gasteiger partial charge is 0.444 e. The smallest absolute Gasteiger partial charge is 0.410 e. The summed E-state index contributed by atoms with van der Waals surface area (Å²) in [6, 6.07) is 5.48. The van der Waals surface area contributed by atoms with Crippen LogP contribution in [0.15, 0.2) is 24.3 Å². The highest BCUT2D eigenvalue weighted by Crippen LogP contribution is 2.31. The van der Waals surface area contributed by atoms with Gasteiger partial charge in [0.15, 0.2) is 0 Å². The first kappa shape index (κ1) is 20.4. The highest BCUT2D eigenvalue weighted by molar-refractivity contribution is 5.89. The van der Waals surface area contributed by atoms with Crippen LogP contribution in [-0.4, -0.2) is 52.7 Å². The minimum atomic E-state index is -0.545. The van der Waals surface area contributed by atoms with E-state index in [1.54, 1.807) is 17.0 Å². The number of anilines is 1. The molecule has 2 fully saturated rings. The zero-order valence-electron chi connectivity index (χ0n) is 16.9. The second kappa shape index (κ2) is 8.37. The number of nitrogens with zero attached hydrogens (tertiary/aromatic N) is 2. The lowest BCUT2D eigenvalue weighted by Gasteiger charge is -2.42. The zero-order valence-corrected chi connectivity index (χ0v) is 16.9. The molecule has 2 aliphatic heterocycles. The normalized spacial score (nSPS) is 22.9. The number of nitrogens with one attached hydrogen (secondary N) is 1. The molecule has 1 aromatic rings. The minimum Gasteiger partial charge on any atom is -0.444 e. The fourth-order valence-electron chi connectivity index (χ4n) is 4.08. The molecule has 0 aliphatic carbocycles. The van der Waals surface area contributed by atoms with E-state index in [2.05, 4.69) is 5.32 Å². The average molecular weight is 391 g/mol. The minimum absolute atomic E-state index is 0.0332. The summed E-state index contributed by atoms with van der Waals surface area (Å²) >= 11 is 0. The molecular formula is C21H30FN3O3. The van der Waals surface area contributed by atoms with Crippen LogP contribution in [0.1, 0.15) is 52.9 Å². The van der Waals surface area contributed by atoms with E-state index in [1.807, 2.05) is 25.7 Å². The predicted octanol–water partition coefficient (Wildman–Crippen LogP) is 4.61. The number of ether oxygens (including phenoxy) is 1. The van der Waals surface area contributed by atoms with Gasteiger partial charge in [0.2, 0.25) is 0 Å². The second-order valence-corrected chi connectivity index (χ2v) is 8.58. The Labute approximate surface area is 166 Å². The number of hydrogen-bond acceptors (Lipinski definition) is 3. The molecule has 1 N–H and O–H groups in total. The van der Waals surface area contributed by atoms with E-state index in [0.29, 0.717) is 18.8 Å². The number of carbonyl (C=O) groups is 2. The van der Waals surface area contributed by atoms with E-state index in [4.69, 9.17) is 4.74 Å². The molecule has 7 heteroatoms. The van der Waals surface area contributed by atoms with Gasteiger partial charge in [0.05, 0.1) is 12.1 Å². The average Bonchev–Trinajstić information content (AvgIpc) is 3.12. The molecule has 0 aromatic heterocycles. The fraction of sp³-hybridized carbons (Fsp3) is 0.619. The van der Waals surface area contributed by atoms with E-state index in [0.717, 1.165) is 32.1 Å². The maximum atomic E-state index is 13.1. The van der Waals surface area contributed by atoms with Crippen molar-refractivity contribution < 1.29 is 18.7 Å². The van der Waals surface area contributed by atoms with Crippen molar-refractivity contribution in [1.29, 1.82) is 0 Å². The molecule has 0 bridgehead atoms. The van der Waals surface area contributed by atoms with Gasteiger partial charge in [-0.25, -0.2) is 14.0 Å². The van der Waals surface area contributed by atoms with Gasteiger partial charge >= 0.3 is 12.1 Å². The molecule has 2 heterocycles. The van der Waals surface area contributed by atoms with Crippen LogP contribution in [-0.2, 0) is 4.74 Å². The van der Waals surface area contributed by atoms with E-state index < -0.39 is 5.60 Å². The number of piperidine rings is 1. The topological polar surface area (TPSA) is 61.9 Å². The molecule has 3 rings (SSSR count). The van der Waals surface area contributed by atoms with Crippen LogP contribution >= 0.6 is 0 Å². The molecule has 6 nitrogen and oxygen atoms in total. The van der Waals surface area contributed by atoms with Crippen molar-refractivity contribution in [1.82, 2.24) is 9.80 Å². The van der Waals surface area contributed by atoms with Crippen molar-refractivity contribution in [3.63, 3.8) is 0 Å². The summed E-state index contributed by atoms with van der Waals surface area (Å²) in [5.74, 6) is -0.340. The Kier molecular flexibility index (Phi) is 6.10. The Morgan fingerprint density at radius 3 is 2.29 bits per heavy atom. The molecule has 154 valence electrons. The molecular weight excluding hydrogens is 361 g/mol. The first-order valence-corrected chi connectivity index (χ1v) is 10.1. The monoisotopic (exact) mass is 391 g/mol. The number of likely N-dealkylation sites (tertiary alicyclic amines) is 2. The Morgan fingerprint density at radius 2 is 1.61 bits per heavy atom. The van der Waals surface area contributed by atoms with Crippen molar-refractivity contribution in [2.45, 2.75) is 70.6 Å². The molecule has 0 spiro atoms. The number of hydrogen-bond donors (Lipinski definition) is 1. The highest BCUT2D eigenvalue weighted by atomic mass is 19.1. The number of amides is 3. The van der Waals surface area contributed by atoms with Crippen LogP contribution in [0.3, 0.4) is 0 Å².